The van der Waals surface area contributed by atoms with Gasteiger partial charge in [0.2, 0.25) is 0 Å². The van der Waals surface area contributed by atoms with E-state index in [2.05, 4.69) is 41.6 Å². The van der Waals surface area contributed by atoms with Gasteiger partial charge in [-0.2, -0.15) is 0 Å². The van der Waals surface area contributed by atoms with E-state index in [0.29, 0.717) is 12.2 Å². The second-order valence-corrected chi connectivity index (χ2v) is 8.87. The minimum absolute atomic E-state index is 0.357. The van der Waals surface area contributed by atoms with E-state index in [0.717, 1.165) is 61.4 Å². The summed E-state index contributed by atoms with van der Waals surface area (Å²) in [5.41, 5.74) is 2.13. The molecule has 30 heavy (non-hydrogen) atoms. The predicted octanol–water partition coefficient (Wildman–Crippen LogP) is 3.82. The Hall–Kier alpha value is -2.05. The highest BCUT2D eigenvalue weighted by Gasteiger charge is 2.25. The molecule has 2 saturated heterocycles. The van der Waals surface area contributed by atoms with Crippen LogP contribution in [0.15, 0.2) is 30.6 Å². The SMILES string of the molecule is CCc1cc(N2CCC(CCN3CC(C)OC(C)C3)CC2)nc(-c2ccncc2)n1. The molecule has 0 amide bonds. The van der Waals surface area contributed by atoms with Gasteiger partial charge >= 0.3 is 0 Å². The summed E-state index contributed by atoms with van der Waals surface area (Å²) in [6, 6.07) is 6.14. The Morgan fingerprint density at radius 2 is 1.73 bits per heavy atom. The summed E-state index contributed by atoms with van der Waals surface area (Å²) in [6.07, 6.45) is 9.01. The maximum absolute atomic E-state index is 5.87. The smallest absolute Gasteiger partial charge is 0.161 e. The van der Waals surface area contributed by atoms with Gasteiger partial charge in [0.15, 0.2) is 5.82 Å². The van der Waals surface area contributed by atoms with Crippen molar-refractivity contribution in [2.75, 3.05) is 37.6 Å². The number of aryl methyl sites for hydroxylation is 1. The third kappa shape index (κ3) is 5.35. The van der Waals surface area contributed by atoms with Crippen LogP contribution in [-0.4, -0.2) is 64.8 Å². The molecule has 0 spiro atoms. The lowest BCUT2D eigenvalue weighted by molar-refractivity contribution is -0.0690. The normalized spacial score (nSPS) is 23.6. The molecule has 0 radical (unpaired) electrons. The van der Waals surface area contributed by atoms with Crippen molar-refractivity contribution in [2.45, 2.75) is 58.7 Å². The molecule has 0 aliphatic carbocycles. The van der Waals surface area contributed by atoms with E-state index in [-0.39, 0.29) is 0 Å². The van der Waals surface area contributed by atoms with Gasteiger partial charge < -0.3 is 9.64 Å². The summed E-state index contributed by atoms with van der Waals surface area (Å²) in [6.45, 7) is 12.0. The van der Waals surface area contributed by atoms with Crippen LogP contribution in [-0.2, 0) is 11.2 Å². The van der Waals surface area contributed by atoms with E-state index in [1.165, 1.54) is 25.8 Å². The van der Waals surface area contributed by atoms with Gasteiger partial charge in [-0.05, 0) is 64.1 Å². The Labute approximate surface area is 180 Å². The van der Waals surface area contributed by atoms with Crippen molar-refractivity contribution in [1.29, 1.82) is 0 Å². The quantitative estimate of drug-likeness (QED) is 0.723. The van der Waals surface area contributed by atoms with Gasteiger partial charge in [0.25, 0.3) is 0 Å². The third-order valence-electron chi connectivity index (χ3n) is 6.35. The topological polar surface area (TPSA) is 54.4 Å². The number of nitrogens with zero attached hydrogens (tertiary/aromatic N) is 5. The van der Waals surface area contributed by atoms with E-state index < -0.39 is 0 Å². The van der Waals surface area contributed by atoms with Crippen molar-refractivity contribution in [3.8, 4) is 11.4 Å². The summed E-state index contributed by atoms with van der Waals surface area (Å²) in [7, 11) is 0. The molecular weight excluding hydrogens is 374 g/mol. The van der Waals surface area contributed by atoms with Crippen molar-refractivity contribution in [3.05, 3.63) is 36.3 Å². The standard InChI is InChI=1S/C24H35N5O/c1-4-22-15-23(27-24(26-22)21-5-10-25-11-6-21)29-13-8-20(9-14-29)7-12-28-16-18(2)30-19(3)17-28/h5-6,10-11,15,18-20H,4,7-9,12-14,16-17H2,1-3H3. The Bertz CT molecular complexity index is 796. The highest BCUT2D eigenvalue weighted by molar-refractivity contribution is 5.57. The Kier molecular flexibility index (Phi) is 6.95. The molecule has 4 heterocycles. The maximum atomic E-state index is 5.87. The molecule has 162 valence electrons. The van der Waals surface area contributed by atoms with Crippen LogP contribution in [0.2, 0.25) is 0 Å². The molecule has 2 aromatic heterocycles. The highest BCUT2D eigenvalue weighted by Crippen LogP contribution is 2.27. The summed E-state index contributed by atoms with van der Waals surface area (Å²) in [5, 5.41) is 0. The Balaban J connectivity index is 1.35. The minimum atomic E-state index is 0.357. The van der Waals surface area contributed by atoms with Crippen molar-refractivity contribution in [1.82, 2.24) is 19.9 Å². The Morgan fingerprint density at radius 3 is 2.40 bits per heavy atom. The van der Waals surface area contributed by atoms with Crippen LogP contribution >= 0.6 is 0 Å². The van der Waals surface area contributed by atoms with Crippen LogP contribution in [0.3, 0.4) is 0 Å². The number of piperidine rings is 1. The largest absolute Gasteiger partial charge is 0.373 e. The summed E-state index contributed by atoms with van der Waals surface area (Å²) in [5.74, 6) is 2.69. The summed E-state index contributed by atoms with van der Waals surface area (Å²) < 4.78 is 5.87. The van der Waals surface area contributed by atoms with Crippen LogP contribution in [0.4, 0.5) is 5.82 Å². The molecule has 2 aliphatic rings. The van der Waals surface area contributed by atoms with Gasteiger partial charge in [-0.1, -0.05) is 6.92 Å². The van der Waals surface area contributed by atoms with E-state index in [4.69, 9.17) is 14.7 Å². The zero-order chi connectivity index (χ0) is 20.9. The number of hydrogen-bond donors (Lipinski definition) is 0. The summed E-state index contributed by atoms with van der Waals surface area (Å²) >= 11 is 0. The van der Waals surface area contributed by atoms with Gasteiger partial charge in [-0.3, -0.25) is 9.88 Å². The van der Waals surface area contributed by atoms with Crippen LogP contribution in [0.5, 0.6) is 0 Å². The third-order valence-corrected chi connectivity index (χ3v) is 6.35. The van der Waals surface area contributed by atoms with Gasteiger partial charge in [-0.25, -0.2) is 9.97 Å². The van der Waals surface area contributed by atoms with Gasteiger partial charge in [-0.15, -0.1) is 0 Å². The molecule has 2 aliphatic heterocycles. The molecule has 0 aromatic carbocycles. The average molecular weight is 410 g/mol. The second kappa shape index (κ2) is 9.84. The lowest BCUT2D eigenvalue weighted by atomic mass is 9.93. The molecule has 0 saturated carbocycles. The molecule has 2 aromatic rings. The van der Waals surface area contributed by atoms with Crippen molar-refractivity contribution in [3.63, 3.8) is 0 Å². The lowest BCUT2D eigenvalue weighted by Gasteiger charge is -2.37. The van der Waals surface area contributed by atoms with Crippen LogP contribution in [0.25, 0.3) is 11.4 Å². The molecule has 2 unspecified atom stereocenters. The van der Waals surface area contributed by atoms with Crippen LogP contribution in [0.1, 0.15) is 45.7 Å². The maximum Gasteiger partial charge on any atom is 0.161 e. The molecule has 6 heteroatoms. The van der Waals surface area contributed by atoms with E-state index in [1.54, 1.807) is 12.4 Å². The molecule has 2 atom stereocenters. The fraction of sp³-hybridized carbons (Fsp3) is 0.625. The van der Waals surface area contributed by atoms with E-state index in [9.17, 15) is 0 Å². The Morgan fingerprint density at radius 1 is 1.03 bits per heavy atom. The van der Waals surface area contributed by atoms with Crippen molar-refractivity contribution < 1.29 is 4.74 Å². The van der Waals surface area contributed by atoms with Gasteiger partial charge in [0, 0.05) is 55.9 Å². The highest BCUT2D eigenvalue weighted by atomic mass is 16.5. The number of aromatic nitrogens is 3. The second-order valence-electron chi connectivity index (χ2n) is 8.87. The lowest BCUT2D eigenvalue weighted by Crippen LogP contribution is -2.46. The fourth-order valence-corrected chi connectivity index (χ4v) is 4.74. The number of pyridine rings is 1. The summed E-state index contributed by atoms with van der Waals surface area (Å²) in [4.78, 5) is 18.8. The van der Waals surface area contributed by atoms with Gasteiger partial charge in [0.1, 0.15) is 5.82 Å². The number of rotatable bonds is 6. The van der Waals surface area contributed by atoms with Crippen molar-refractivity contribution in [2.24, 2.45) is 5.92 Å². The number of anilines is 1. The molecule has 4 rings (SSSR count). The average Bonchev–Trinajstić information content (AvgIpc) is 2.77. The first-order valence-electron chi connectivity index (χ1n) is 11.5. The number of morpholine rings is 1. The first kappa shape index (κ1) is 21.2. The molecule has 0 N–H and O–H groups in total. The van der Waals surface area contributed by atoms with Crippen LogP contribution in [0, 0.1) is 5.92 Å². The zero-order valence-corrected chi connectivity index (χ0v) is 18.6. The zero-order valence-electron chi connectivity index (χ0n) is 18.6. The number of hydrogen-bond acceptors (Lipinski definition) is 6. The van der Waals surface area contributed by atoms with Gasteiger partial charge in [0.05, 0.1) is 12.2 Å². The first-order valence-corrected chi connectivity index (χ1v) is 11.5. The minimum Gasteiger partial charge on any atom is -0.373 e. The number of ether oxygens (including phenoxy) is 1. The molecular formula is C24H35N5O. The molecule has 6 nitrogen and oxygen atoms in total. The van der Waals surface area contributed by atoms with E-state index >= 15 is 0 Å². The van der Waals surface area contributed by atoms with Crippen LogP contribution < -0.4 is 4.90 Å². The first-order chi connectivity index (χ1) is 14.6. The molecule has 2 fully saturated rings. The van der Waals surface area contributed by atoms with E-state index in [1.807, 2.05) is 12.1 Å². The van der Waals surface area contributed by atoms with Crippen molar-refractivity contribution >= 4 is 5.82 Å². The fourth-order valence-electron chi connectivity index (χ4n) is 4.74. The predicted molar refractivity (Wildman–Crippen MR) is 121 cm³/mol. The monoisotopic (exact) mass is 409 g/mol. The molecule has 0 bridgehead atoms.